The van der Waals surface area contributed by atoms with Gasteiger partial charge in [0.25, 0.3) is 0 Å². The topological polar surface area (TPSA) is 50.9 Å². The van der Waals surface area contributed by atoms with E-state index in [4.69, 9.17) is 17.3 Å². The first-order valence-corrected chi connectivity index (χ1v) is 6.63. The van der Waals surface area contributed by atoms with Crippen molar-refractivity contribution in [2.75, 3.05) is 5.32 Å². The van der Waals surface area contributed by atoms with E-state index in [1.54, 1.807) is 0 Å². The molecule has 19 heavy (non-hydrogen) atoms. The molecule has 3 nitrogen and oxygen atoms in total. The van der Waals surface area contributed by atoms with Crippen LogP contribution in [0.2, 0.25) is 5.02 Å². The molecular formula is C15H18ClN3. The van der Waals surface area contributed by atoms with E-state index in [0.29, 0.717) is 13.1 Å². The summed E-state index contributed by atoms with van der Waals surface area (Å²) in [7, 11) is 0. The van der Waals surface area contributed by atoms with E-state index in [1.807, 2.05) is 31.2 Å². The van der Waals surface area contributed by atoms with Crippen LogP contribution in [-0.2, 0) is 13.1 Å². The van der Waals surface area contributed by atoms with Crippen molar-refractivity contribution in [3.05, 3.63) is 57.7 Å². The lowest BCUT2D eigenvalue weighted by Crippen LogP contribution is -2.10. The fraction of sp³-hybridized carbons (Fsp3) is 0.267. The van der Waals surface area contributed by atoms with Gasteiger partial charge in [-0.15, -0.1) is 0 Å². The third kappa shape index (κ3) is 3.46. The Hall–Kier alpha value is -1.58. The lowest BCUT2D eigenvalue weighted by atomic mass is 10.1. The predicted molar refractivity (Wildman–Crippen MR) is 80.4 cm³/mol. The van der Waals surface area contributed by atoms with Gasteiger partial charge in [-0.2, -0.15) is 0 Å². The zero-order valence-corrected chi connectivity index (χ0v) is 12.0. The summed E-state index contributed by atoms with van der Waals surface area (Å²) < 4.78 is 0. The van der Waals surface area contributed by atoms with Crippen LogP contribution in [-0.4, -0.2) is 4.98 Å². The smallest absolute Gasteiger partial charge is 0.131 e. The van der Waals surface area contributed by atoms with Crippen molar-refractivity contribution in [2.45, 2.75) is 26.9 Å². The summed E-state index contributed by atoms with van der Waals surface area (Å²) in [6, 6.07) is 9.82. The fourth-order valence-corrected chi connectivity index (χ4v) is 2.18. The number of hydrogen-bond donors (Lipinski definition) is 2. The molecule has 0 saturated heterocycles. The molecule has 1 aromatic carbocycles. The van der Waals surface area contributed by atoms with Crippen LogP contribution in [0, 0.1) is 13.8 Å². The summed E-state index contributed by atoms with van der Waals surface area (Å²) >= 11 is 5.87. The second kappa shape index (κ2) is 6.04. The van der Waals surface area contributed by atoms with Gasteiger partial charge >= 0.3 is 0 Å². The number of nitrogens with one attached hydrogen (secondary N) is 1. The maximum atomic E-state index is 5.87. The number of anilines is 1. The number of halogens is 1. The third-order valence-corrected chi connectivity index (χ3v) is 3.30. The molecular weight excluding hydrogens is 258 g/mol. The molecule has 0 radical (unpaired) electrons. The maximum Gasteiger partial charge on any atom is 0.131 e. The molecule has 0 unspecified atom stereocenters. The molecule has 0 bridgehead atoms. The summed E-state index contributed by atoms with van der Waals surface area (Å²) in [6.45, 7) is 5.24. The summed E-state index contributed by atoms with van der Waals surface area (Å²) in [4.78, 5) is 4.52. The van der Waals surface area contributed by atoms with Gasteiger partial charge in [-0.05, 0) is 43.2 Å². The molecule has 100 valence electrons. The zero-order chi connectivity index (χ0) is 13.8. The standard InChI is InChI=1S/C15H18ClN3/c1-10-7-11(2)19-15(14(10)8-17)18-9-12-3-5-13(16)6-4-12/h3-7H,8-9,17H2,1-2H3,(H,18,19). The first-order chi connectivity index (χ1) is 9.10. The van der Waals surface area contributed by atoms with Crippen molar-refractivity contribution < 1.29 is 0 Å². The minimum absolute atomic E-state index is 0.488. The zero-order valence-electron chi connectivity index (χ0n) is 11.2. The van der Waals surface area contributed by atoms with Crippen LogP contribution in [0.5, 0.6) is 0 Å². The largest absolute Gasteiger partial charge is 0.366 e. The van der Waals surface area contributed by atoms with E-state index in [2.05, 4.69) is 23.3 Å². The molecule has 0 aliphatic rings. The first kappa shape index (κ1) is 13.8. The van der Waals surface area contributed by atoms with E-state index >= 15 is 0 Å². The highest BCUT2D eigenvalue weighted by molar-refractivity contribution is 6.30. The maximum absolute atomic E-state index is 5.87. The van der Waals surface area contributed by atoms with Crippen molar-refractivity contribution >= 4 is 17.4 Å². The molecule has 2 rings (SSSR count). The summed E-state index contributed by atoms with van der Waals surface area (Å²) in [5.41, 5.74) is 10.2. The number of aromatic nitrogens is 1. The van der Waals surface area contributed by atoms with Crippen LogP contribution in [0.15, 0.2) is 30.3 Å². The number of pyridine rings is 1. The van der Waals surface area contributed by atoms with Crippen LogP contribution in [0.4, 0.5) is 5.82 Å². The molecule has 0 amide bonds. The molecule has 4 heteroatoms. The highest BCUT2D eigenvalue weighted by atomic mass is 35.5. The van der Waals surface area contributed by atoms with Crippen molar-refractivity contribution in [1.82, 2.24) is 4.98 Å². The molecule has 1 aromatic heterocycles. The van der Waals surface area contributed by atoms with Gasteiger partial charge in [-0.25, -0.2) is 4.98 Å². The molecule has 0 fully saturated rings. The second-order valence-corrected chi connectivity index (χ2v) is 5.03. The van der Waals surface area contributed by atoms with Gasteiger partial charge in [0.15, 0.2) is 0 Å². The van der Waals surface area contributed by atoms with Crippen LogP contribution >= 0.6 is 11.6 Å². The number of nitrogens with two attached hydrogens (primary N) is 1. The van der Waals surface area contributed by atoms with Gasteiger partial charge in [0.2, 0.25) is 0 Å². The fourth-order valence-electron chi connectivity index (χ4n) is 2.06. The van der Waals surface area contributed by atoms with Gasteiger partial charge in [-0.3, -0.25) is 0 Å². The molecule has 0 saturated carbocycles. The summed E-state index contributed by atoms with van der Waals surface area (Å²) in [6.07, 6.45) is 0. The Balaban J connectivity index is 2.17. The van der Waals surface area contributed by atoms with E-state index in [-0.39, 0.29) is 0 Å². The minimum atomic E-state index is 0.488. The SMILES string of the molecule is Cc1cc(C)c(CN)c(NCc2ccc(Cl)cc2)n1. The number of hydrogen-bond acceptors (Lipinski definition) is 3. The van der Waals surface area contributed by atoms with Gasteiger partial charge in [-0.1, -0.05) is 23.7 Å². The Morgan fingerprint density at radius 1 is 1.21 bits per heavy atom. The van der Waals surface area contributed by atoms with Crippen molar-refractivity contribution in [3.8, 4) is 0 Å². The average molecular weight is 276 g/mol. The van der Waals surface area contributed by atoms with Crippen LogP contribution < -0.4 is 11.1 Å². The van der Waals surface area contributed by atoms with E-state index in [1.165, 1.54) is 5.56 Å². The number of rotatable bonds is 4. The van der Waals surface area contributed by atoms with Crippen molar-refractivity contribution in [2.24, 2.45) is 5.73 Å². The lowest BCUT2D eigenvalue weighted by Gasteiger charge is -2.13. The highest BCUT2D eigenvalue weighted by Gasteiger charge is 2.07. The lowest BCUT2D eigenvalue weighted by molar-refractivity contribution is 0.988. The molecule has 2 aromatic rings. The second-order valence-electron chi connectivity index (χ2n) is 4.59. The predicted octanol–water partition coefficient (Wildman–Crippen LogP) is 3.42. The van der Waals surface area contributed by atoms with Gasteiger partial charge in [0, 0.05) is 29.4 Å². The van der Waals surface area contributed by atoms with E-state index in [9.17, 15) is 0 Å². The molecule has 0 aliphatic heterocycles. The van der Waals surface area contributed by atoms with E-state index in [0.717, 1.165) is 27.7 Å². The minimum Gasteiger partial charge on any atom is -0.366 e. The molecule has 0 spiro atoms. The number of nitrogens with zero attached hydrogens (tertiary/aromatic N) is 1. The molecule has 1 heterocycles. The van der Waals surface area contributed by atoms with Crippen molar-refractivity contribution in [3.63, 3.8) is 0 Å². The molecule has 0 atom stereocenters. The van der Waals surface area contributed by atoms with Gasteiger partial charge in [0.1, 0.15) is 5.82 Å². The highest BCUT2D eigenvalue weighted by Crippen LogP contribution is 2.19. The molecule has 0 aliphatic carbocycles. The Morgan fingerprint density at radius 3 is 2.53 bits per heavy atom. The Kier molecular flexibility index (Phi) is 4.40. The van der Waals surface area contributed by atoms with Crippen LogP contribution in [0.1, 0.15) is 22.4 Å². The Labute approximate surface area is 118 Å². The van der Waals surface area contributed by atoms with Gasteiger partial charge < -0.3 is 11.1 Å². The van der Waals surface area contributed by atoms with Gasteiger partial charge in [0.05, 0.1) is 0 Å². The average Bonchev–Trinajstić information content (AvgIpc) is 2.37. The Morgan fingerprint density at radius 2 is 1.89 bits per heavy atom. The normalized spacial score (nSPS) is 10.5. The van der Waals surface area contributed by atoms with Crippen LogP contribution in [0.3, 0.4) is 0 Å². The third-order valence-electron chi connectivity index (χ3n) is 3.05. The molecule has 3 N–H and O–H groups in total. The van der Waals surface area contributed by atoms with E-state index < -0.39 is 0 Å². The summed E-state index contributed by atoms with van der Waals surface area (Å²) in [5, 5.41) is 4.09. The summed E-state index contributed by atoms with van der Waals surface area (Å²) in [5.74, 6) is 0.870. The number of benzene rings is 1. The van der Waals surface area contributed by atoms with Crippen LogP contribution in [0.25, 0.3) is 0 Å². The Bertz CT molecular complexity index is 564. The first-order valence-electron chi connectivity index (χ1n) is 6.25. The number of aryl methyl sites for hydroxylation is 2. The quantitative estimate of drug-likeness (QED) is 0.899. The van der Waals surface area contributed by atoms with Crippen molar-refractivity contribution in [1.29, 1.82) is 0 Å². The monoisotopic (exact) mass is 275 g/mol.